The average molecular weight is 214 g/mol. The normalized spacial score (nSPS) is 10.0. The first-order valence-electron chi connectivity index (χ1n) is 4.37. The van der Waals surface area contributed by atoms with Crippen LogP contribution in [0.5, 0.6) is 0 Å². The van der Waals surface area contributed by atoms with Crippen LogP contribution in [0.15, 0.2) is 6.07 Å². The van der Waals surface area contributed by atoms with E-state index >= 15 is 0 Å². The van der Waals surface area contributed by atoms with Gasteiger partial charge in [-0.05, 0) is 26.8 Å². The van der Waals surface area contributed by atoms with Crippen LogP contribution in [-0.4, -0.2) is 17.6 Å². The van der Waals surface area contributed by atoms with Crippen LogP contribution in [0.4, 0.5) is 0 Å². The van der Waals surface area contributed by atoms with Gasteiger partial charge in [0.15, 0.2) is 0 Å². The van der Waals surface area contributed by atoms with Crippen molar-refractivity contribution in [2.24, 2.45) is 0 Å². The van der Waals surface area contributed by atoms with Crippen LogP contribution in [0.1, 0.15) is 28.7 Å². The fourth-order valence-electron chi connectivity index (χ4n) is 1.23. The van der Waals surface area contributed by atoms with Gasteiger partial charge in [-0.3, -0.25) is 4.98 Å². The summed E-state index contributed by atoms with van der Waals surface area (Å²) in [6.07, 6.45) is 0. The van der Waals surface area contributed by atoms with E-state index in [0.29, 0.717) is 22.9 Å². The molecule has 4 heteroatoms. The summed E-state index contributed by atoms with van der Waals surface area (Å²) in [5.74, 6) is -0.414. The second kappa shape index (κ2) is 4.42. The van der Waals surface area contributed by atoms with E-state index in [1.165, 1.54) is 0 Å². The van der Waals surface area contributed by atoms with Crippen LogP contribution >= 0.6 is 11.6 Å². The third-order valence-electron chi connectivity index (χ3n) is 1.76. The molecule has 1 aromatic rings. The molecule has 0 unspecified atom stereocenters. The first kappa shape index (κ1) is 11.0. The van der Waals surface area contributed by atoms with E-state index in [1.807, 2.05) is 6.92 Å². The molecule has 0 spiro atoms. The van der Waals surface area contributed by atoms with Gasteiger partial charge in [-0.2, -0.15) is 0 Å². The number of aryl methyl sites for hydroxylation is 2. The highest BCUT2D eigenvalue weighted by Gasteiger charge is 2.15. The zero-order valence-corrected chi connectivity index (χ0v) is 9.18. The Labute approximate surface area is 88.1 Å². The van der Waals surface area contributed by atoms with Gasteiger partial charge in [-0.15, -0.1) is 0 Å². The molecule has 0 N–H and O–H groups in total. The Bertz CT molecular complexity index is 340. The van der Waals surface area contributed by atoms with E-state index in [1.54, 1.807) is 19.9 Å². The molecule has 76 valence electrons. The third-order valence-corrected chi connectivity index (χ3v) is 2.06. The molecule has 1 aromatic heterocycles. The van der Waals surface area contributed by atoms with Crippen molar-refractivity contribution in [3.63, 3.8) is 0 Å². The summed E-state index contributed by atoms with van der Waals surface area (Å²) >= 11 is 5.92. The lowest BCUT2D eigenvalue weighted by molar-refractivity contribution is 0.0525. The highest BCUT2D eigenvalue weighted by Crippen LogP contribution is 2.20. The van der Waals surface area contributed by atoms with Crippen LogP contribution < -0.4 is 0 Å². The van der Waals surface area contributed by atoms with Crippen molar-refractivity contribution in [2.45, 2.75) is 20.8 Å². The second-order valence-corrected chi connectivity index (χ2v) is 3.33. The predicted octanol–water partition coefficient (Wildman–Crippen LogP) is 2.53. The van der Waals surface area contributed by atoms with E-state index in [4.69, 9.17) is 16.3 Å². The van der Waals surface area contributed by atoms with Gasteiger partial charge in [-0.1, -0.05) is 11.6 Å². The molecule has 0 aliphatic carbocycles. The van der Waals surface area contributed by atoms with Crippen molar-refractivity contribution in [3.05, 3.63) is 28.0 Å². The van der Waals surface area contributed by atoms with E-state index < -0.39 is 5.97 Å². The lowest BCUT2D eigenvalue weighted by Crippen LogP contribution is -2.09. The molecule has 0 aliphatic rings. The Morgan fingerprint density at radius 1 is 1.57 bits per heavy atom. The Kier molecular flexibility index (Phi) is 3.47. The quantitative estimate of drug-likeness (QED) is 0.709. The second-order valence-electron chi connectivity index (χ2n) is 2.93. The number of halogens is 1. The van der Waals surface area contributed by atoms with Crippen molar-refractivity contribution in [1.29, 1.82) is 0 Å². The number of carbonyl (C=O) groups excluding carboxylic acids is 1. The molecule has 0 aromatic carbocycles. The summed E-state index contributed by atoms with van der Waals surface area (Å²) in [5, 5.41) is 0.397. The Morgan fingerprint density at radius 3 is 2.71 bits per heavy atom. The fraction of sp³-hybridized carbons (Fsp3) is 0.400. The van der Waals surface area contributed by atoms with Crippen LogP contribution in [0, 0.1) is 13.8 Å². The van der Waals surface area contributed by atoms with Crippen LogP contribution in [-0.2, 0) is 4.74 Å². The van der Waals surface area contributed by atoms with Gasteiger partial charge in [0.05, 0.1) is 22.9 Å². The summed E-state index contributed by atoms with van der Waals surface area (Å²) in [6, 6.07) is 1.65. The fourth-order valence-corrected chi connectivity index (χ4v) is 1.60. The number of pyridine rings is 1. The van der Waals surface area contributed by atoms with Crippen molar-refractivity contribution in [2.75, 3.05) is 6.61 Å². The van der Waals surface area contributed by atoms with Crippen molar-refractivity contribution in [3.8, 4) is 0 Å². The topological polar surface area (TPSA) is 39.2 Å². The van der Waals surface area contributed by atoms with Gasteiger partial charge >= 0.3 is 5.97 Å². The maximum absolute atomic E-state index is 11.5. The molecule has 3 nitrogen and oxygen atoms in total. The molecule has 0 saturated carbocycles. The Morgan fingerprint density at radius 2 is 2.21 bits per heavy atom. The summed E-state index contributed by atoms with van der Waals surface area (Å²) in [5.41, 5.74) is 1.76. The summed E-state index contributed by atoms with van der Waals surface area (Å²) < 4.78 is 4.87. The number of esters is 1. The molecular formula is C10H12ClNO2. The molecule has 0 atom stereocenters. The molecule has 0 saturated heterocycles. The summed E-state index contributed by atoms with van der Waals surface area (Å²) in [4.78, 5) is 15.6. The standard InChI is InChI=1S/C10H12ClNO2/c1-4-14-10(13)9-7(3)12-6(2)5-8(9)11/h5H,4H2,1-3H3. The predicted molar refractivity (Wildman–Crippen MR) is 54.7 cm³/mol. The first-order chi connectivity index (χ1) is 6.56. The number of hydrogen-bond acceptors (Lipinski definition) is 3. The minimum atomic E-state index is -0.414. The molecule has 0 aliphatic heterocycles. The van der Waals surface area contributed by atoms with Crippen LogP contribution in [0.3, 0.4) is 0 Å². The molecule has 0 fully saturated rings. The third kappa shape index (κ3) is 2.23. The van der Waals surface area contributed by atoms with Gasteiger partial charge < -0.3 is 4.74 Å². The first-order valence-corrected chi connectivity index (χ1v) is 4.75. The average Bonchev–Trinajstić information content (AvgIpc) is 2.01. The highest BCUT2D eigenvalue weighted by atomic mass is 35.5. The maximum Gasteiger partial charge on any atom is 0.341 e. The van der Waals surface area contributed by atoms with Gasteiger partial charge in [0.1, 0.15) is 0 Å². The van der Waals surface area contributed by atoms with Crippen LogP contribution in [0.25, 0.3) is 0 Å². The lowest BCUT2D eigenvalue weighted by Gasteiger charge is -2.07. The Hall–Kier alpha value is -1.09. The molecule has 1 rings (SSSR count). The lowest BCUT2D eigenvalue weighted by atomic mass is 10.2. The Balaban J connectivity index is 3.14. The van der Waals surface area contributed by atoms with Gasteiger partial charge in [0, 0.05) is 5.69 Å². The van der Waals surface area contributed by atoms with Gasteiger partial charge in [-0.25, -0.2) is 4.79 Å². The van der Waals surface area contributed by atoms with Crippen molar-refractivity contribution >= 4 is 17.6 Å². The highest BCUT2D eigenvalue weighted by molar-refractivity contribution is 6.33. The van der Waals surface area contributed by atoms with Gasteiger partial charge in [0.2, 0.25) is 0 Å². The smallest absolute Gasteiger partial charge is 0.341 e. The minimum Gasteiger partial charge on any atom is -0.462 e. The van der Waals surface area contributed by atoms with Gasteiger partial charge in [0.25, 0.3) is 0 Å². The minimum absolute atomic E-state index is 0.336. The maximum atomic E-state index is 11.5. The van der Waals surface area contributed by atoms with E-state index in [0.717, 1.165) is 5.69 Å². The number of nitrogens with zero attached hydrogens (tertiary/aromatic N) is 1. The van der Waals surface area contributed by atoms with Crippen molar-refractivity contribution in [1.82, 2.24) is 4.98 Å². The zero-order chi connectivity index (χ0) is 10.7. The number of rotatable bonds is 2. The number of carbonyl (C=O) groups is 1. The molecule has 1 heterocycles. The number of hydrogen-bond donors (Lipinski definition) is 0. The molecule has 0 amide bonds. The van der Waals surface area contributed by atoms with E-state index in [9.17, 15) is 4.79 Å². The van der Waals surface area contributed by atoms with E-state index in [2.05, 4.69) is 4.98 Å². The zero-order valence-electron chi connectivity index (χ0n) is 8.43. The summed E-state index contributed by atoms with van der Waals surface area (Å²) in [6.45, 7) is 5.66. The van der Waals surface area contributed by atoms with Crippen LogP contribution in [0.2, 0.25) is 5.02 Å². The van der Waals surface area contributed by atoms with E-state index in [-0.39, 0.29) is 0 Å². The largest absolute Gasteiger partial charge is 0.462 e. The molecule has 0 bridgehead atoms. The van der Waals surface area contributed by atoms with Crippen molar-refractivity contribution < 1.29 is 9.53 Å². The monoisotopic (exact) mass is 213 g/mol. The number of aromatic nitrogens is 1. The molecule has 0 radical (unpaired) electrons. The molecular weight excluding hydrogens is 202 g/mol. The SMILES string of the molecule is CCOC(=O)c1c(Cl)cc(C)nc1C. The molecule has 14 heavy (non-hydrogen) atoms. The summed E-state index contributed by atoms with van der Waals surface area (Å²) in [7, 11) is 0. The number of ether oxygens (including phenoxy) is 1.